The molecule has 1 nitrogen and oxygen atoms in total. The van der Waals surface area contributed by atoms with Gasteiger partial charge in [0.15, 0.2) is 0 Å². The van der Waals surface area contributed by atoms with E-state index in [1.165, 1.54) is 5.56 Å². The van der Waals surface area contributed by atoms with Gasteiger partial charge in [-0.2, -0.15) is 0 Å². The molecular formula is C15H14O. The van der Waals surface area contributed by atoms with Gasteiger partial charge >= 0.3 is 0 Å². The summed E-state index contributed by atoms with van der Waals surface area (Å²) in [7, 11) is 0. The fraction of sp³-hybridized carbons (Fsp3) is 0.400. The zero-order valence-electron chi connectivity index (χ0n) is 9.10. The minimum absolute atomic E-state index is 0.289. The van der Waals surface area contributed by atoms with E-state index in [0.717, 1.165) is 12.8 Å². The van der Waals surface area contributed by atoms with Crippen LogP contribution in [0.3, 0.4) is 0 Å². The van der Waals surface area contributed by atoms with Crippen LogP contribution in [0, 0.1) is 17.3 Å². The van der Waals surface area contributed by atoms with Crippen LogP contribution in [-0.4, -0.2) is 5.78 Å². The Morgan fingerprint density at radius 3 is 2.69 bits per heavy atom. The lowest BCUT2D eigenvalue weighted by Crippen LogP contribution is -2.56. The summed E-state index contributed by atoms with van der Waals surface area (Å²) in [4.78, 5) is 12.0. The lowest BCUT2D eigenvalue weighted by atomic mass is 9.41. The molecule has 16 heavy (non-hydrogen) atoms. The van der Waals surface area contributed by atoms with Gasteiger partial charge in [-0.25, -0.2) is 0 Å². The highest BCUT2D eigenvalue weighted by Crippen LogP contribution is 2.72. The van der Waals surface area contributed by atoms with Crippen molar-refractivity contribution >= 4 is 5.78 Å². The first kappa shape index (κ1) is 8.74. The predicted molar refractivity (Wildman–Crippen MR) is 62.0 cm³/mol. The van der Waals surface area contributed by atoms with E-state index in [1.54, 1.807) is 0 Å². The summed E-state index contributed by atoms with van der Waals surface area (Å²) in [6.45, 7) is 0. The number of benzene rings is 1. The molecule has 0 aliphatic heterocycles. The van der Waals surface area contributed by atoms with Gasteiger partial charge < -0.3 is 0 Å². The molecule has 3 aliphatic rings. The normalized spacial score (nSPS) is 43.2. The standard InChI is InChI=1S/C15H14O/c16-12-7-9-15-8-6-11(15)13(14(12)15)10-4-2-1-3-5-10/h1-6,8,11,13-14H,7,9H2/t11-,13-,14-,15?/m0/s1. The monoisotopic (exact) mass is 210 g/mol. The largest absolute Gasteiger partial charge is 0.299 e. The van der Waals surface area contributed by atoms with E-state index >= 15 is 0 Å². The Kier molecular flexibility index (Phi) is 1.45. The summed E-state index contributed by atoms with van der Waals surface area (Å²) in [5.41, 5.74) is 1.64. The van der Waals surface area contributed by atoms with E-state index in [-0.39, 0.29) is 5.41 Å². The molecule has 2 saturated carbocycles. The van der Waals surface area contributed by atoms with Crippen molar-refractivity contribution in [3.8, 4) is 0 Å². The third kappa shape index (κ3) is 0.786. The van der Waals surface area contributed by atoms with Crippen LogP contribution in [-0.2, 0) is 4.79 Å². The van der Waals surface area contributed by atoms with Gasteiger partial charge in [-0.15, -0.1) is 0 Å². The summed E-state index contributed by atoms with van der Waals surface area (Å²) in [6, 6.07) is 10.6. The summed E-state index contributed by atoms with van der Waals surface area (Å²) < 4.78 is 0. The first-order chi connectivity index (χ1) is 7.83. The zero-order chi connectivity index (χ0) is 10.8. The lowest BCUT2D eigenvalue weighted by molar-refractivity contribution is -0.130. The third-order valence-corrected chi connectivity index (χ3v) is 4.90. The predicted octanol–water partition coefficient (Wildman–Crippen LogP) is 2.94. The number of ketones is 1. The number of carbonyl (C=O) groups is 1. The quantitative estimate of drug-likeness (QED) is 0.651. The van der Waals surface area contributed by atoms with E-state index in [9.17, 15) is 4.79 Å². The molecule has 0 saturated heterocycles. The summed E-state index contributed by atoms with van der Waals surface area (Å²) >= 11 is 0. The van der Waals surface area contributed by atoms with Crippen molar-refractivity contribution in [2.75, 3.05) is 0 Å². The Labute approximate surface area is 95.2 Å². The first-order valence-corrected chi connectivity index (χ1v) is 6.10. The van der Waals surface area contributed by atoms with Crippen LogP contribution in [0.5, 0.6) is 0 Å². The minimum atomic E-state index is 0.289. The highest BCUT2D eigenvalue weighted by atomic mass is 16.1. The molecular weight excluding hydrogens is 196 g/mol. The second-order valence-corrected chi connectivity index (χ2v) is 5.38. The molecule has 0 aromatic heterocycles. The van der Waals surface area contributed by atoms with Crippen molar-refractivity contribution in [3.05, 3.63) is 48.0 Å². The van der Waals surface area contributed by atoms with Crippen LogP contribution in [0.4, 0.5) is 0 Å². The van der Waals surface area contributed by atoms with Crippen molar-refractivity contribution in [3.63, 3.8) is 0 Å². The minimum Gasteiger partial charge on any atom is -0.299 e. The number of hydrogen-bond donors (Lipinski definition) is 0. The number of rotatable bonds is 1. The third-order valence-electron chi connectivity index (χ3n) is 4.90. The van der Waals surface area contributed by atoms with Gasteiger partial charge in [-0.1, -0.05) is 42.5 Å². The van der Waals surface area contributed by atoms with Crippen LogP contribution in [0.15, 0.2) is 42.5 Å². The zero-order valence-corrected chi connectivity index (χ0v) is 9.10. The molecule has 0 bridgehead atoms. The molecule has 0 amide bonds. The maximum atomic E-state index is 12.0. The van der Waals surface area contributed by atoms with E-state index in [1.807, 2.05) is 6.07 Å². The van der Waals surface area contributed by atoms with Crippen LogP contribution >= 0.6 is 0 Å². The van der Waals surface area contributed by atoms with Crippen LogP contribution < -0.4 is 0 Å². The number of allylic oxidation sites excluding steroid dienone is 2. The van der Waals surface area contributed by atoms with Gasteiger partial charge in [0.25, 0.3) is 0 Å². The topological polar surface area (TPSA) is 17.1 Å². The van der Waals surface area contributed by atoms with E-state index < -0.39 is 0 Å². The molecule has 1 spiro atoms. The van der Waals surface area contributed by atoms with Gasteiger partial charge in [-0.05, 0) is 17.9 Å². The van der Waals surface area contributed by atoms with Crippen molar-refractivity contribution in [2.45, 2.75) is 18.8 Å². The van der Waals surface area contributed by atoms with Gasteiger partial charge in [0.1, 0.15) is 5.78 Å². The molecule has 80 valence electrons. The maximum Gasteiger partial charge on any atom is 0.137 e. The SMILES string of the molecule is O=C1CCC23C=C[C@H]2[C@H](c2ccccc2)[C@H]13. The molecule has 4 atom stereocenters. The molecule has 1 heteroatoms. The molecule has 2 fully saturated rings. The molecule has 3 aliphatic carbocycles. The van der Waals surface area contributed by atoms with Crippen molar-refractivity contribution < 1.29 is 4.79 Å². The van der Waals surface area contributed by atoms with Crippen molar-refractivity contribution in [1.82, 2.24) is 0 Å². The summed E-state index contributed by atoms with van der Waals surface area (Å²) in [5.74, 6) is 1.91. The molecule has 0 N–H and O–H groups in total. The molecule has 0 radical (unpaired) electrons. The van der Waals surface area contributed by atoms with Gasteiger partial charge in [0.2, 0.25) is 0 Å². The summed E-state index contributed by atoms with van der Waals surface area (Å²) in [5, 5.41) is 0. The van der Waals surface area contributed by atoms with E-state index in [0.29, 0.717) is 23.5 Å². The molecule has 1 aromatic rings. The second kappa shape index (κ2) is 2.65. The van der Waals surface area contributed by atoms with Crippen LogP contribution in [0.25, 0.3) is 0 Å². The Morgan fingerprint density at radius 2 is 2.00 bits per heavy atom. The number of carbonyl (C=O) groups excluding carboxylic acids is 1. The number of Topliss-reactive ketones (excluding diaryl/α,β-unsaturated/α-hetero) is 1. The van der Waals surface area contributed by atoms with Crippen LogP contribution in [0.2, 0.25) is 0 Å². The Morgan fingerprint density at radius 1 is 1.19 bits per heavy atom. The molecule has 4 rings (SSSR count). The second-order valence-electron chi connectivity index (χ2n) is 5.38. The van der Waals surface area contributed by atoms with Crippen molar-refractivity contribution in [2.24, 2.45) is 17.3 Å². The average Bonchev–Trinajstić information content (AvgIpc) is 2.63. The fourth-order valence-corrected chi connectivity index (χ4v) is 4.12. The smallest absolute Gasteiger partial charge is 0.137 e. The Bertz CT molecular complexity index is 487. The molecule has 1 unspecified atom stereocenters. The van der Waals surface area contributed by atoms with Gasteiger partial charge in [0, 0.05) is 23.7 Å². The molecule has 1 aromatic carbocycles. The maximum absolute atomic E-state index is 12.0. The Hall–Kier alpha value is -1.37. The molecule has 0 heterocycles. The van der Waals surface area contributed by atoms with Crippen LogP contribution in [0.1, 0.15) is 24.3 Å². The fourth-order valence-electron chi connectivity index (χ4n) is 4.12. The van der Waals surface area contributed by atoms with E-state index in [4.69, 9.17) is 0 Å². The average molecular weight is 210 g/mol. The van der Waals surface area contributed by atoms with Gasteiger partial charge in [-0.3, -0.25) is 4.79 Å². The highest BCUT2D eigenvalue weighted by molar-refractivity contribution is 5.88. The summed E-state index contributed by atoms with van der Waals surface area (Å²) in [6.07, 6.45) is 6.51. The lowest BCUT2D eigenvalue weighted by Gasteiger charge is -2.61. The first-order valence-electron chi connectivity index (χ1n) is 6.10. The number of hydrogen-bond acceptors (Lipinski definition) is 1. The highest BCUT2D eigenvalue weighted by Gasteiger charge is 2.68. The Balaban J connectivity index is 1.78. The van der Waals surface area contributed by atoms with Crippen molar-refractivity contribution in [1.29, 1.82) is 0 Å². The van der Waals surface area contributed by atoms with Gasteiger partial charge in [0.05, 0.1) is 0 Å². The van der Waals surface area contributed by atoms with E-state index in [2.05, 4.69) is 36.4 Å².